The van der Waals surface area contributed by atoms with E-state index in [1.54, 1.807) is 23.4 Å². The summed E-state index contributed by atoms with van der Waals surface area (Å²) in [5, 5.41) is 2.92. The second-order valence-corrected chi connectivity index (χ2v) is 5.62. The lowest BCUT2D eigenvalue weighted by Gasteiger charge is -2.22. The molecule has 0 aliphatic rings. The Kier molecular flexibility index (Phi) is 5.88. The van der Waals surface area contributed by atoms with Crippen molar-refractivity contribution in [2.45, 2.75) is 20.0 Å². The zero-order chi connectivity index (χ0) is 18.2. The zero-order valence-electron chi connectivity index (χ0n) is 14.6. The number of pyridine rings is 1. The molecular weight excluding hydrogens is 330 g/mol. The van der Waals surface area contributed by atoms with Crippen molar-refractivity contribution in [1.82, 2.24) is 9.88 Å². The predicted octanol–water partition coefficient (Wildman–Crippen LogP) is 4.31. The summed E-state index contributed by atoms with van der Waals surface area (Å²) in [7, 11) is 0. The van der Waals surface area contributed by atoms with Gasteiger partial charge in [0, 0.05) is 6.20 Å². The van der Waals surface area contributed by atoms with E-state index in [0.29, 0.717) is 36.9 Å². The van der Waals surface area contributed by atoms with E-state index in [4.69, 9.17) is 9.15 Å². The fourth-order valence-electron chi connectivity index (χ4n) is 2.52. The summed E-state index contributed by atoms with van der Waals surface area (Å²) in [4.78, 5) is 18.8. The van der Waals surface area contributed by atoms with Crippen LogP contribution in [0.25, 0.3) is 0 Å². The van der Waals surface area contributed by atoms with Crippen LogP contribution >= 0.6 is 0 Å². The standard InChI is InChI=1S/C20H21N3O3/c1-2-25-19-11-4-3-10-18(19)22-20(24)23(15-17-9-7-13-26-17)14-16-8-5-6-12-21-16/h3-13H,2,14-15H2,1H3,(H,22,24). The smallest absolute Gasteiger partial charge is 0.322 e. The number of para-hydroxylation sites is 2. The first kappa shape index (κ1) is 17.5. The third-order valence-electron chi connectivity index (χ3n) is 3.72. The molecule has 2 aromatic heterocycles. The van der Waals surface area contributed by atoms with Crippen molar-refractivity contribution in [3.63, 3.8) is 0 Å². The number of urea groups is 1. The monoisotopic (exact) mass is 351 g/mol. The summed E-state index contributed by atoms with van der Waals surface area (Å²) < 4.78 is 11.0. The van der Waals surface area contributed by atoms with Gasteiger partial charge in [0.1, 0.15) is 11.5 Å². The molecule has 3 rings (SSSR count). The Hall–Kier alpha value is -3.28. The van der Waals surface area contributed by atoms with Crippen molar-refractivity contribution in [2.75, 3.05) is 11.9 Å². The van der Waals surface area contributed by atoms with E-state index >= 15 is 0 Å². The SMILES string of the molecule is CCOc1ccccc1NC(=O)N(Cc1ccccn1)Cc1ccco1. The number of anilines is 1. The molecule has 6 heteroatoms. The van der Waals surface area contributed by atoms with Crippen LogP contribution in [0.15, 0.2) is 71.5 Å². The molecule has 0 spiro atoms. The molecule has 0 aliphatic heterocycles. The van der Waals surface area contributed by atoms with Crippen molar-refractivity contribution in [1.29, 1.82) is 0 Å². The minimum atomic E-state index is -0.251. The van der Waals surface area contributed by atoms with Gasteiger partial charge in [-0.25, -0.2) is 4.79 Å². The number of aromatic nitrogens is 1. The Morgan fingerprint density at radius 2 is 1.96 bits per heavy atom. The van der Waals surface area contributed by atoms with Crippen LogP contribution in [0.5, 0.6) is 5.75 Å². The number of amides is 2. The largest absolute Gasteiger partial charge is 0.492 e. The number of ether oxygens (including phenoxy) is 1. The minimum Gasteiger partial charge on any atom is -0.492 e. The van der Waals surface area contributed by atoms with Crippen LogP contribution < -0.4 is 10.1 Å². The first-order valence-corrected chi connectivity index (χ1v) is 8.46. The molecule has 0 aliphatic carbocycles. The summed E-state index contributed by atoms with van der Waals surface area (Å²) in [6.07, 6.45) is 3.30. The van der Waals surface area contributed by atoms with E-state index in [-0.39, 0.29) is 6.03 Å². The van der Waals surface area contributed by atoms with E-state index in [2.05, 4.69) is 10.3 Å². The summed E-state index contributed by atoms with van der Waals surface area (Å²) in [6.45, 7) is 3.14. The highest BCUT2D eigenvalue weighted by atomic mass is 16.5. The lowest BCUT2D eigenvalue weighted by Crippen LogP contribution is -2.34. The highest BCUT2D eigenvalue weighted by molar-refractivity contribution is 5.90. The van der Waals surface area contributed by atoms with Gasteiger partial charge < -0.3 is 19.4 Å². The fourth-order valence-corrected chi connectivity index (χ4v) is 2.52. The number of hydrogen-bond donors (Lipinski definition) is 1. The molecule has 6 nitrogen and oxygen atoms in total. The molecule has 0 fully saturated rings. The minimum absolute atomic E-state index is 0.251. The molecular formula is C20H21N3O3. The molecule has 3 aromatic rings. The maximum absolute atomic E-state index is 12.9. The number of nitrogens with zero attached hydrogens (tertiary/aromatic N) is 2. The van der Waals surface area contributed by atoms with Crippen LogP contribution in [-0.4, -0.2) is 22.5 Å². The van der Waals surface area contributed by atoms with Crippen molar-refractivity contribution < 1.29 is 13.9 Å². The third kappa shape index (κ3) is 4.63. The Labute approximate surface area is 152 Å². The van der Waals surface area contributed by atoms with Crippen LogP contribution in [0.3, 0.4) is 0 Å². The first-order valence-electron chi connectivity index (χ1n) is 8.46. The fraction of sp³-hybridized carbons (Fsp3) is 0.200. The van der Waals surface area contributed by atoms with Crippen LogP contribution in [0.2, 0.25) is 0 Å². The van der Waals surface area contributed by atoms with Gasteiger partial charge in [-0.1, -0.05) is 18.2 Å². The number of carbonyl (C=O) groups excluding carboxylic acids is 1. The Morgan fingerprint density at radius 3 is 2.69 bits per heavy atom. The van der Waals surface area contributed by atoms with Crippen LogP contribution in [-0.2, 0) is 13.1 Å². The molecule has 0 unspecified atom stereocenters. The Balaban J connectivity index is 1.78. The topological polar surface area (TPSA) is 67.6 Å². The molecule has 0 saturated carbocycles. The summed E-state index contributed by atoms with van der Waals surface area (Å²) in [5.41, 5.74) is 1.43. The molecule has 2 heterocycles. The molecule has 1 aromatic carbocycles. The van der Waals surface area contributed by atoms with Crippen LogP contribution in [0.4, 0.5) is 10.5 Å². The maximum atomic E-state index is 12.9. The second-order valence-electron chi connectivity index (χ2n) is 5.62. The van der Waals surface area contributed by atoms with Gasteiger partial charge in [0.25, 0.3) is 0 Å². The van der Waals surface area contributed by atoms with Crippen LogP contribution in [0, 0.1) is 0 Å². The van der Waals surface area contributed by atoms with Crippen molar-refractivity contribution in [2.24, 2.45) is 0 Å². The van der Waals surface area contributed by atoms with Gasteiger partial charge in [-0.05, 0) is 43.3 Å². The second kappa shape index (κ2) is 8.71. The van der Waals surface area contributed by atoms with Gasteiger partial charge in [0.2, 0.25) is 0 Å². The summed E-state index contributed by atoms with van der Waals surface area (Å²) in [6, 6.07) is 16.4. The lowest BCUT2D eigenvalue weighted by molar-refractivity contribution is 0.200. The maximum Gasteiger partial charge on any atom is 0.322 e. The van der Waals surface area contributed by atoms with Gasteiger partial charge in [-0.2, -0.15) is 0 Å². The number of benzene rings is 1. The van der Waals surface area contributed by atoms with Gasteiger partial charge in [-0.15, -0.1) is 0 Å². The summed E-state index contributed by atoms with van der Waals surface area (Å²) >= 11 is 0. The summed E-state index contributed by atoms with van der Waals surface area (Å²) in [5.74, 6) is 1.34. The Morgan fingerprint density at radius 1 is 1.12 bits per heavy atom. The molecule has 2 amide bonds. The number of carbonyl (C=O) groups is 1. The van der Waals surface area contributed by atoms with E-state index in [0.717, 1.165) is 5.69 Å². The average Bonchev–Trinajstić information content (AvgIpc) is 3.17. The first-order chi connectivity index (χ1) is 12.8. The van der Waals surface area contributed by atoms with E-state index in [1.165, 1.54) is 0 Å². The van der Waals surface area contributed by atoms with Gasteiger partial charge >= 0.3 is 6.03 Å². The highest BCUT2D eigenvalue weighted by Gasteiger charge is 2.18. The highest BCUT2D eigenvalue weighted by Crippen LogP contribution is 2.24. The van der Waals surface area contributed by atoms with Crippen LogP contribution in [0.1, 0.15) is 18.4 Å². The van der Waals surface area contributed by atoms with Gasteiger partial charge in [0.15, 0.2) is 0 Å². The molecule has 0 saturated heterocycles. The predicted molar refractivity (Wildman–Crippen MR) is 98.8 cm³/mol. The quantitative estimate of drug-likeness (QED) is 0.689. The third-order valence-corrected chi connectivity index (χ3v) is 3.72. The average molecular weight is 351 g/mol. The van der Waals surface area contributed by atoms with Crippen molar-refractivity contribution >= 4 is 11.7 Å². The number of nitrogens with one attached hydrogen (secondary N) is 1. The van der Waals surface area contributed by atoms with Gasteiger partial charge in [-0.3, -0.25) is 4.98 Å². The van der Waals surface area contributed by atoms with Crippen molar-refractivity contribution in [3.8, 4) is 5.75 Å². The zero-order valence-corrected chi connectivity index (χ0v) is 14.6. The molecule has 26 heavy (non-hydrogen) atoms. The lowest BCUT2D eigenvalue weighted by atomic mass is 10.3. The molecule has 1 N–H and O–H groups in total. The van der Waals surface area contributed by atoms with E-state index in [1.807, 2.05) is 55.5 Å². The van der Waals surface area contributed by atoms with E-state index < -0.39 is 0 Å². The number of rotatable bonds is 7. The normalized spacial score (nSPS) is 10.3. The Bertz CT molecular complexity index is 819. The van der Waals surface area contributed by atoms with Crippen molar-refractivity contribution in [3.05, 3.63) is 78.5 Å². The molecule has 0 atom stereocenters. The number of hydrogen-bond acceptors (Lipinski definition) is 4. The van der Waals surface area contributed by atoms with E-state index in [9.17, 15) is 4.79 Å². The molecule has 0 radical (unpaired) electrons. The number of furan rings is 1. The molecule has 0 bridgehead atoms. The molecule has 134 valence electrons. The van der Waals surface area contributed by atoms with Gasteiger partial charge in [0.05, 0.1) is 37.3 Å².